The van der Waals surface area contributed by atoms with Crippen molar-refractivity contribution in [2.24, 2.45) is 0 Å². The van der Waals surface area contributed by atoms with E-state index in [1.807, 2.05) is 0 Å². The van der Waals surface area contributed by atoms with Crippen LogP contribution in [0.25, 0.3) is 0 Å². The molecule has 22 heavy (non-hydrogen) atoms. The highest BCUT2D eigenvalue weighted by molar-refractivity contribution is 5.98. The van der Waals surface area contributed by atoms with Gasteiger partial charge in [-0.1, -0.05) is 0 Å². The minimum Gasteiger partial charge on any atom is -0.478 e. The van der Waals surface area contributed by atoms with E-state index in [9.17, 15) is 18.4 Å². The Morgan fingerprint density at radius 1 is 1.23 bits per heavy atom. The Morgan fingerprint density at radius 2 is 1.86 bits per heavy atom. The van der Waals surface area contributed by atoms with Crippen LogP contribution < -0.4 is 0 Å². The summed E-state index contributed by atoms with van der Waals surface area (Å²) in [4.78, 5) is 25.2. The third kappa shape index (κ3) is 2.45. The number of hydrogen-bond acceptors (Lipinski definition) is 3. The zero-order chi connectivity index (χ0) is 15.9. The average molecular weight is 311 g/mol. The van der Waals surface area contributed by atoms with Crippen molar-refractivity contribution in [3.05, 3.63) is 34.9 Å². The zero-order valence-electron chi connectivity index (χ0n) is 11.7. The van der Waals surface area contributed by atoms with Crippen LogP contribution in [0.5, 0.6) is 0 Å². The summed E-state index contributed by atoms with van der Waals surface area (Å²) < 4.78 is 31.8. The van der Waals surface area contributed by atoms with Crippen molar-refractivity contribution in [3.8, 4) is 0 Å². The van der Waals surface area contributed by atoms with Crippen molar-refractivity contribution in [2.75, 3.05) is 13.2 Å². The van der Waals surface area contributed by atoms with Crippen molar-refractivity contribution < 1.29 is 28.2 Å². The molecule has 2 aliphatic rings. The molecule has 1 aromatic carbocycles. The molecule has 1 N–H and O–H groups in total. The Morgan fingerprint density at radius 3 is 2.41 bits per heavy atom. The molecule has 118 valence electrons. The molecule has 2 unspecified atom stereocenters. The predicted molar refractivity (Wildman–Crippen MR) is 72.2 cm³/mol. The Bertz CT molecular complexity index is 604. The van der Waals surface area contributed by atoms with Crippen LogP contribution >= 0.6 is 0 Å². The van der Waals surface area contributed by atoms with E-state index in [1.165, 1.54) is 12.1 Å². The third-order valence-corrected chi connectivity index (χ3v) is 4.24. The van der Waals surface area contributed by atoms with Crippen LogP contribution in [-0.4, -0.2) is 47.2 Å². The lowest BCUT2D eigenvalue weighted by atomic mass is 10.0. The number of rotatable bonds is 3. The summed E-state index contributed by atoms with van der Waals surface area (Å²) in [7, 11) is 0. The van der Waals surface area contributed by atoms with Gasteiger partial charge in [0.2, 0.25) is 0 Å². The number of benzene rings is 1. The number of fused-ring (bicyclic) bond motifs is 2. The zero-order valence-corrected chi connectivity index (χ0v) is 11.7. The number of amides is 1. The molecule has 0 spiro atoms. The molecule has 2 heterocycles. The van der Waals surface area contributed by atoms with Crippen LogP contribution in [0, 0.1) is 0 Å². The summed E-state index contributed by atoms with van der Waals surface area (Å²) in [6.07, 6.45) is -1.31. The number of alkyl halides is 2. The van der Waals surface area contributed by atoms with Gasteiger partial charge < -0.3 is 14.7 Å². The number of carboxylic acid groups (broad SMARTS) is 1. The molecule has 2 fully saturated rings. The first-order valence-electron chi connectivity index (χ1n) is 7.05. The number of hydrogen-bond donors (Lipinski definition) is 1. The maximum atomic E-state index is 13.2. The van der Waals surface area contributed by atoms with Gasteiger partial charge in [-0.2, -0.15) is 0 Å². The van der Waals surface area contributed by atoms with Gasteiger partial charge in [0.15, 0.2) is 0 Å². The SMILES string of the molecule is O=C(O)c1ccc(C(=O)N2C3CCC2COC3)c(C(F)F)c1. The normalized spacial score (nSPS) is 23.9. The van der Waals surface area contributed by atoms with Crippen LogP contribution in [0.1, 0.15) is 45.5 Å². The molecule has 0 aromatic heterocycles. The molecule has 2 bridgehead atoms. The fourth-order valence-corrected chi connectivity index (χ4v) is 3.17. The largest absolute Gasteiger partial charge is 0.478 e. The van der Waals surface area contributed by atoms with E-state index in [1.54, 1.807) is 4.90 Å². The van der Waals surface area contributed by atoms with E-state index in [2.05, 4.69) is 0 Å². The molecule has 0 radical (unpaired) electrons. The van der Waals surface area contributed by atoms with Gasteiger partial charge in [0.05, 0.1) is 30.9 Å². The van der Waals surface area contributed by atoms with Crippen molar-refractivity contribution in [1.82, 2.24) is 4.90 Å². The molecule has 0 aliphatic carbocycles. The van der Waals surface area contributed by atoms with Gasteiger partial charge in [-0.3, -0.25) is 4.79 Å². The molecule has 5 nitrogen and oxygen atoms in total. The maximum Gasteiger partial charge on any atom is 0.335 e. The summed E-state index contributed by atoms with van der Waals surface area (Å²) in [5.74, 6) is -1.77. The van der Waals surface area contributed by atoms with Gasteiger partial charge in [-0.15, -0.1) is 0 Å². The summed E-state index contributed by atoms with van der Waals surface area (Å²) in [6.45, 7) is 0.832. The average Bonchev–Trinajstić information content (AvgIpc) is 2.74. The highest BCUT2D eigenvalue weighted by Gasteiger charge is 2.41. The summed E-state index contributed by atoms with van der Waals surface area (Å²) in [5, 5.41) is 8.91. The van der Waals surface area contributed by atoms with Gasteiger partial charge in [0, 0.05) is 11.1 Å². The highest BCUT2D eigenvalue weighted by Crippen LogP contribution is 2.33. The van der Waals surface area contributed by atoms with Gasteiger partial charge in [-0.25, -0.2) is 13.6 Å². The second-order valence-corrected chi connectivity index (χ2v) is 5.54. The molecule has 2 atom stereocenters. The lowest BCUT2D eigenvalue weighted by Crippen LogP contribution is -2.49. The fourth-order valence-electron chi connectivity index (χ4n) is 3.17. The number of carbonyl (C=O) groups excluding carboxylic acids is 1. The Hall–Kier alpha value is -2.02. The van der Waals surface area contributed by atoms with Crippen LogP contribution in [0.4, 0.5) is 8.78 Å². The number of carboxylic acids is 1. The van der Waals surface area contributed by atoms with Crippen molar-refractivity contribution in [2.45, 2.75) is 31.4 Å². The Labute approximate surface area is 125 Å². The fraction of sp³-hybridized carbons (Fsp3) is 0.467. The van der Waals surface area contributed by atoms with E-state index in [4.69, 9.17) is 9.84 Å². The smallest absolute Gasteiger partial charge is 0.335 e. The minimum absolute atomic E-state index is 0.0871. The number of aromatic carboxylic acids is 1. The molecule has 3 rings (SSSR count). The highest BCUT2D eigenvalue weighted by atomic mass is 19.3. The molecule has 1 aromatic rings. The van der Waals surface area contributed by atoms with Crippen molar-refractivity contribution >= 4 is 11.9 Å². The van der Waals surface area contributed by atoms with E-state index < -0.39 is 23.9 Å². The molecule has 0 saturated carbocycles. The van der Waals surface area contributed by atoms with E-state index in [0.29, 0.717) is 13.2 Å². The quantitative estimate of drug-likeness (QED) is 0.930. The number of carbonyl (C=O) groups is 2. The summed E-state index contributed by atoms with van der Waals surface area (Å²) in [5.41, 5.74) is -0.911. The van der Waals surface area contributed by atoms with Crippen molar-refractivity contribution in [1.29, 1.82) is 0 Å². The van der Waals surface area contributed by atoms with Gasteiger partial charge in [0.1, 0.15) is 0 Å². The second kappa shape index (κ2) is 5.64. The Balaban J connectivity index is 1.97. The number of ether oxygens (including phenoxy) is 1. The van der Waals surface area contributed by atoms with Crippen LogP contribution in [0.15, 0.2) is 18.2 Å². The molecule has 7 heteroatoms. The van der Waals surface area contributed by atoms with E-state index in [-0.39, 0.29) is 23.2 Å². The van der Waals surface area contributed by atoms with Crippen LogP contribution in [-0.2, 0) is 4.74 Å². The summed E-state index contributed by atoms with van der Waals surface area (Å²) >= 11 is 0. The number of morpholine rings is 1. The maximum absolute atomic E-state index is 13.2. The van der Waals surface area contributed by atoms with E-state index in [0.717, 1.165) is 18.9 Å². The first-order valence-corrected chi connectivity index (χ1v) is 7.05. The minimum atomic E-state index is -2.91. The first-order chi connectivity index (χ1) is 10.5. The van der Waals surface area contributed by atoms with E-state index >= 15 is 0 Å². The topological polar surface area (TPSA) is 66.8 Å². The molecule has 2 aliphatic heterocycles. The molecule has 1 amide bonds. The summed E-state index contributed by atoms with van der Waals surface area (Å²) in [6, 6.07) is 3.07. The Kier molecular flexibility index (Phi) is 3.82. The number of nitrogens with zero attached hydrogens (tertiary/aromatic N) is 1. The molecular weight excluding hydrogens is 296 g/mol. The van der Waals surface area contributed by atoms with Gasteiger partial charge in [-0.05, 0) is 31.0 Å². The van der Waals surface area contributed by atoms with Gasteiger partial charge >= 0.3 is 5.97 Å². The standard InChI is InChI=1S/C15H15F2NO4/c16-13(17)12-5-8(15(20)21)1-4-11(12)14(19)18-9-2-3-10(18)7-22-6-9/h1,4-5,9-10,13H,2-3,6-7H2,(H,20,21). The second-order valence-electron chi connectivity index (χ2n) is 5.54. The molecule has 2 saturated heterocycles. The number of halogens is 2. The van der Waals surface area contributed by atoms with Gasteiger partial charge in [0.25, 0.3) is 12.3 Å². The van der Waals surface area contributed by atoms with Crippen molar-refractivity contribution in [3.63, 3.8) is 0 Å². The predicted octanol–water partition coefficient (Wildman–Crippen LogP) is 2.33. The molecular formula is C15H15F2NO4. The lowest BCUT2D eigenvalue weighted by molar-refractivity contribution is -0.00746. The monoisotopic (exact) mass is 311 g/mol. The lowest BCUT2D eigenvalue weighted by Gasteiger charge is -2.35. The third-order valence-electron chi connectivity index (χ3n) is 4.24. The first kappa shape index (κ1) is 14.9. The van der Waals surface area contributed by atoms with Crippen LogP contribution in [0.3, 0.4) is 0 Å². The van der Waals surface area contributed by atoms with Crippen LogP contribution in [0.2, 0.25) is 0 Å².